The van der Waals surface area contributed by atoms with Crippen LogP contribution < -0.4 is 5.69 Å². The van der Waals surface area contributed by atoms with Crippen LogP contribution >= 0.6 is 0 Å². The van der Waals surface area contributed by atoms with E-state index < -0.39 is 0 Å². The molecule has 0 atom stereocenters. The third kappa shape index (κ3) is 1.43. The van der Waals surface area contributed by atoms with Crippen molar-refractivity contribution in [3.05, 3.63) is 28.5 Å². The van der Waals surface area contributed by atoms with Gasteiger partial charge in [0.25, 0.3) is 0 Å². The molecule has 0 saturated heterocycles. The molecule has 0 fully saturated rings. The molecule has 0 bridgehead atoms. The highest BCUT2D eigenvalue weighted by Gasteiger charge is 2.05. The van der Waals surface area contributed by atoms with Crippen molar-refractivity contribution >= 4 is 0 Å². The number of aryl methyl sites for hydroxylation is 2. The molecule has 0 aromatic carbocycles. The predicted molar refractivity (Wildman–Crippen MR) is 47.7 cm³/mol. The molecule has 7 heteroatoms. The van der Waals surface area contributed by atoms with E-state index in [9.17, 15) is 4.79 Å². The Labute approximate surface area is 79.4 Å². The SMILES string of the molecule is Cc1nc(Cn2ncn(C)c2=O)n[nH]1. The van der Waals surface area contributed by atoms with Crippen LogP contribution in [0.4, 0.5) is 0 Å². The lowest BCUT2D eigenvalue weighted by molar-refractivity contribution is 0.623. The first-order chi connectivity index (χ1) is 6.66. The number of H-pyrrole nitrogens is 1. The number of rotatable bonds is 2. The molecule has 0 aliphatic heterocycles. The first-order valence-corrected chi connectivity index (χ1v) is 4.13. The molecular weight excluding hydrogens is 184 g/mol. The predicted octanol–water partition coefficient (Wildman–Crippen LogP) is -0.943. The average Bonchev–Trinajstić information content (AvgIpc) is 2.67. The maximum Gasteiger partial charge on any atom is 0.345 e. The van der Waals surface area contributed by atoms with Crippen molar-refractivity contribution in [1.29, 1.82) is 0 Å². The summed E-state index contributed by atoms with van der Waals surface area (Å²) in [4.78, 5) is 15.5. The van der Waals surface area contributed by atoms with Gasteiger partial charge in [0.1, 0.15) is 18.7 Å². The van der Waals surface area contributed by atoms with Gasteiger partial charge in [-0.25, -0.2) is 14.5 Å². The van der Waals surface area contributed by atoms with Gasteiger partial charge >= 0.3 is 5.69 Å². The van der Waals surface area contributed by atoms with Crippen molar-refractivity contribution in [2.75, 3.05) is 0 Å². The molecular formula is C7H10N6O. The Bertz CT molecular complexity index is 492. The number of nitrogens with one attached hydrogen (secondary N) is 1. The summed E-state index contributed by atoms with van der Waals surface area (Å²) in [7, 11) is 1.65. The monoisotopic (exact) mass is 194 g/mol. The molecule has 2 aromatic rings. The van der Waals surface area contributed by atoms with Crippen LogP contribution in [0.1, 0.15) is 11.6 Å². The van der Waals surface area contributed by atoms with E-state index in [1.807, 2.05) is 0 Å². The average molecular weight is 194 g/mol. The van der Waals surface area contributed by atoms with Gasteiger partial charge in [0.15, 0.2) is 5.82 Å². The van der Waals surface area contributed by atoms with Crippen LogP contribution in [-0.2, 0) is 13.6 Å². The zero-order chi connectivity index (χ0) is 10.1. The number of aromatic nitrogens is 6. The molecule has 0 amide bonds. The van der Waals surface area contributed by atoms with Crippen LogP contribution in [0.3, 0.4) is 0 Å². The second-order valence-electron chi connectivity index (χ2n) is 3.02. The summed E-state index contributed by atoms with van der Waals surface area (Å²) < 4.78 is 2.71. The van der Waals surface area contributed by atoms with Crippen molar-refractivity contribution in [1.82, 2.24) is 29.5 Å². The summed E-state index contributed by atoms with van der Waals surface area (Å²) in [5.41, 5.74) is -0.174. The molecule has 0 aliphatic carbocycles. The smallest absolute Gasteiger partial charge is 0.285 e. The van der Waals surface area contributed by atoms with E-state index in [0.29, 0.717) is 12.4 Å². The van der Waals surface area contributed by atoms with E-state index in [0.717, 1.165) is 5.82 Å². The molecule has 2 aromatic heterocycles. The van der Waals surface area contributed by atoms with Crippen LogP contribution in [0.2, 0.25) is 0 Å². The van der Waals surface area contributed by atoms with Gasteiger partial charge in [0.05, 0.1) is 0 Å². The summed E-state index contributed by atoms with van der Waals surface area (Å²) in [6.45, 7) is 2.10. The zero-order valence-electron chi connectivity index (χ0n) is 7.93. The van der Waals surface area contributed by atoms with Gasteiger partial charge in [-0.15, -0.1) is 0 Å². The van der Waals surface area contributed by atoms with Gasteiger partial charge in [0.2, 0.25) is 0 Å². The van der Waals surface area contributed by atoms with Gasteiger partial charge in [-0.1, -0.05) is 0 Å². The fourth-order valence-corrected chi connectivity index (χ4v) is 1.12. The Morgan fingerprint density at radius 2 is 2.36 bits per heavy atom. The number of hydrogen-bond acceptors (Lipinski definition) is 4. The van der Waals surface area contributed by atoms with Gasteiger partial charge in [-0.2, -0.15) is 10.2 Å². The number of hydrogen-bond donors (Lipinski definition) is 1. The third-order valence-electron chi connectivity index (χ3n) is 1.82. The van der Waals surface area contributed by atoms with Crippen LogP contribution in [0.15, 0.2) is 11.1 Å². The van der Waals surface area contributed by atoms with E-state index in [-0.39, 0.29) is 5.69 Å². The largest absolute Gasteiger partial charge is 0.345 e. The van der Waals surface area contributed by atoms with E-state index in [4.69, 9.17) is 0 Å². The summed E-state index contributed by atoms with van der Waals surface area (Å²) in [5, 5.41) is 10.5. The van der Waals surface area contributed by atoms with Crippen LogP contribution in [0, 0.1) is 6.92 Å². The maximum absolute atomic E-state index is 11.4. The van der Waals surface area contributed by atoms with E-state index in [1.165, 1.54) is 15.6 Å². The first-order valence-electron chi connectivity index (χ1n) is 4.13. The second kappa shape index (κ2) is 3.09. The Kier molecular flexibility index (Phi) is 1.91. The van der Waals surface area contributed by atoms with E-state index >= 15 is 0 Å². The second-order valence-corrected chi connectivity index (χ2v) is 3.02. The quantitative estimate of drug-likeness (QED) is 0.668. The molecule has 0 saturated carbocycles. The molecule has 74 valence electrons. The Morgan fingerprint density at radius 3 is 2.86 bits per heavy atom. The topological polar surface area (TPSA) is 81.4 Å². The summed E-state index contributed by atoms with van der Waals surface area (Å²) in [5.74, 6) is 1.28. The fourth-order valence-electron chi connectivity index (χ4n) is 1.12. The highest BCUT2D eigenvalue weighted by molar-refractivity contribution is 4.88. The molecule has 0 unspecified atom stereocenters. The minimum Gasteiger partial charge on any atom is -0.285 e. The fraction of sp³-hybridized carbons (Fsp3) is 0.429. The van der Waals surface area contributed by atoms with Gasteiger partial charge in [0, 0.05) is 7.05 Å². The van der Waals surface area contributed by atoms with Crippen LogP contribution in [0.25, 0.3) is 0 Å². The molecule has 2 rings (SSSR count). The van der Waals surface area contributed by atoms with Crippen molar-refractivity contribution in [3.63, 3.8) is 0 Å². The first kappa shape index (κ1) is 8.67. The minimum absolute atomic E-state index is 0.174. The Balaban J connectivity index is 2.27. The third-order valence-corrected chi connectivity index (χ3v) is 1.82. The lowest BCUT2D eigenvalue weighted by Crippen LogP contribution is -2.23. The lowest BCUT2D eigenvalue weighted by Gasteiger charge is -1.92. The van der Waals surface area contributed by atoms with Crippen molar-refractivity contribution < 1.29 is 0 Å². The highest BCUT2D eigenvalue weighted by atomic mass is 16.2. The summed E-state index contributed by atoms with van der Waals surface area (Å²) >= 11 is 0. The van der Waals surface area contributed by atoms with E-state index in [2.05, 4.69) is 20.3 Å². The van der Waals surface area contributed by atoms with Crippen molar-refractivity contribution in [2.45, 2.75) is 13.5 Å². The molecule has 2 heterocycles. The molecule has 1 N–H and O–H groups in total. The van der Waals surface area contributed by atoms with E-state index in [1.54, 1.807) is 14.0 Å². The molecule has 7 nitrogen and oxygen atoms in total. The van der Waals surface area contributed by atoms with Crippen LogP contribution in [-0.4, -0.2) is 29.5 Å². The minimum atomic E-state index is -0.174. The normalized spacial score (nSPS) is 10.7. The standard InChI is InChI=1S/C7H10N6O/c1-5-9-6(11-10-5)3-13-7(14)12(2)4-8-13/h4H,3H2,1-2H3,(H,9,10,11). The highest BCUT2D eigenvalue weighted by Crippen LogP contribution is 1.91. The summed E-state index contributed by atoms with van der Waals surface area (Å²) in [6, 6.07) is 0. The molecule has 0 spiro atoms. The van der Waals surface area contributed by atoms with Crippen molar-refractivity contribution in [2.24, 2.45) is 7.05 Å². The van der Waals surface area contributed by atoms with Gasteiger partial charge in [-0.3, -0.25) is 9.67 Å². The summed E-state index contributed by atoms with van der Waals surface area (Å²) in [6.07, 6.45) is 1.46. The molecule has 0 radical (unpaired) electrons. The lowest BCUT2D eigenvalue weighted by atomic mass is 10.6. The number of nitrogens with zero attached hydrogens (tertiary/aromatic N) is 5. The molecule has 14 heavy (non-hydrogen) atoms. The van der Waals surface area contributed by atoms with Gasteiger partial charge < -0.3 is 0 Å². The van der Waals surface area contributed by atoms with Crippen LogP contribution in [0.5, 0.6) is 0 Å². The Hall–Kier alpha value is -1.92. The van der Waals surface area contributed by atoms with Crippen molar-refractivity contribution in [3.8, 4) is 0 Å². The maximum atomic E-state index is 11.4. The Morgan fingerprint density at radius 1 is 1.57 bits per heavy atom. The number of aromatic amines is 1. The van der Waals surface area contributed by atoms with Gasteiger partial charge in [-0.05, 0) is 6.92 Å². The molecule has 0 aliphatic rings. The zero-order valence-corrected chi connectivity index (χ0v) is 7.93.